The quantitative estimate of drug-likeness (QED) is 0.556. The molecule has 34 heavy (non-hydrogen) atoms. The summed E-state index contributed by atoms with van der Waals surface area (Å²) >= 11 is 0. The monoisotopic (exact) mass is 487 g/mol. The number of carbonyl (C=O) groups excluding carboxylic acids is 2. The van der Waals surface area contributed by atoms with E-state index in [1.54, 1.807) is 56.5 Å². The lowest BCUT2D eigenvalue weighted by molar-refractivity contribution is -0.139. The number of nitrogens with one attached hydrogen (secondary N) is 1. The third kappa shape index (κ3) is 6.72. The first kappa shape index (κ1) is 25.6. The Morgan fingerprint density at radius 3 is 2.24 bits per heavy atom. The second-order valence-electron chi connectivity index (χ2n) is 8.64. The van der Waals surface area contributed by atoms with Crippen molar-refractivity contribution >= 4 is 27.5 Å². The molecule has 1 unspecified atom stereocenters. The van der Waals surface area contributed by atoms with E-state index >= 15 is 0 Å². The van der Waals surface area contributed by atoms with E-state index in [9.17, 15) is 18.0 Å². The largest absolute Gasteiger partial charge is 0.497 e. The third-order valence-corrected chi connectivity index (χ3v) is 7.24. The summed E-state index contributed by atoms with van der Waals surface area (Å²) in [4.78, 5) is 28.0. The summed E-state index contributed by atoms with van der Waals surface area (Å²) in [5.41, 5.74) is 1.20. The van der Waals surface area contributed by atoms with Gasteiger partial charge in [-0.05, 0) is 49.6 Å². The number of sulfonamides is 1. The lowest BCUT2D eigenvalue weighted by atomic mass is 10.1. The van der Waals surface area contributed by atoms with Crippen LogP contribution in [0.3, 0.4) is 0 Å². The van der Waals surface area contributed by atoms with E-state index in [-0.39, 0.29) is 18.5 Å². The van der Waals surface area contributed by atoms with Gasteiger partial charge in [-0.2, -0.15) is 0 Å². The highest BCUT2D eigenvalue weighted by atomic mass is 32.2. The van der Waals surface area contributed by atoms with E-state index in [0.29, 0.717) is 11.4 Å². The molecule has 0 bridgehead atoms. The van der Waals surface area contributed by atoms with Crippen molar-refractivity contribution in [1.29, 1.82) is 0 Å². The Hall–Kier alpha value is -3.07. The van der Waals surface area contributed by atoms with Crippen LogP contribution >= 0.6 is 0 Å². The highest BCUT2D eigenvalue weighted by Gasteiger charge is 2.31. The van der Waals surface area contributed by atoms with Crippen molar-refractivity contribution in [2.24, 2.45) is 0 Å². The number of ether oxygens (including phenoxy) is 1. The second-order valence-corrected chi connectivity index (χ2v) is 10.5. The van der Waals surface area contributed by atoms with Crippen LogP contribution in [0.2, 0.25) is 0 Å². The van der Waals surface area contributed by atoms with Gasteiger partial charge in [-0.15, -0.1) is 0 Å². The number of hydrogen-bond donors (Lipinski definition) is 1. The molecule has 2 aromatic carbocycles. The summed E-state index contributed by atoms with van der Waals surface area (Å²) in [5, 5.41) is 3.05. The highest BCUT2D eigenvalue weighted by molar-refractivity contribution is 7.92. The molecule has 0 saturated heterocycles. The number of nitrogens with zero attached hydrogens (tertiary/aromatic N) is 2. The Kier molecular flexibility index (Phi) is 8.55. The first-order chi connectivity index (χ1) is 16.2. The number of carbonyl (C=O) groups is 2. The van der Waals surface area contributed by atoms with Crippen LogP contribution in [0.1, 0.15) is 38.2 Å². The fourth-order valence-electron chi connectivity index (χ4n) is 4.11. The minimum atomic E-state index is -3.72. The van der Waals surface area contributed by atoms with Crippen molar-refractivity contribution in [1.82, 2.24) is 10.2 Å². The Balaban J connectivity index is 1.85. The first-order valence-corrected chi connectivity index (χ1v) is 13.3. The molecule has 8 nitrogen and oxygen atoms in total. The van der Waals surface area contributed by atoms with Crippen LogP contribution in [0.15, 0.2) is 54.6 Å². The molecule has 2 aromatic rings. The fraction of sp³-hybridized carbons (Fsp3) is 0.440. The van der Waals surface area contributed by atoms with Crippen molar-refractivity contribution in [3.63, 3.8) is 0 Å². The summed E-state index contributed by atoms with van der Waals surface area (Å²) in [5.74, 6) is -0.0143. The number of methoxy groups -OCH3 is 1. The summed E-state index contributed by atoms with van der Waals surface area (Å²) in [6, 6.07) is 15.0. The van der Waals surface area contributed by atoms with Crippen LogP contribution in [0.5, 0.6) is 5.75 Å². The summed E-state index contributed by atoms with van der Waals surface area (Å²) < 4.78 is 31.3. The van der Waals surface area contributed by atoms with Crippen molar-refractivity contribution < 1.29 is 22.7 Å². The smallest absolute Gasteiger partial charge is 0.244 e. The predicted octanol–water partition coefficient (Wildman–Crippen LogP) is 2.94. The van der Waals surface area contributed by atoms with Gasteiger partial charge in [0.25, 0.3) is 0 Å². The van der Waals surface area contributed by atoms with Gasteiger partial charge < -0.3 is 15.0 Å². The van der Waals surface area contributed by atoms with Gasteiger partial charge >= 0.3 is 0 Å². The molecule has 1 aliphatic carbocycles. The third-order valence-electron chi connectivity index (χ3n) is 6.10. The van der Waals surface area contributed by atoms with Gasteiger partial charge in [-0.1, -0.05) is 43.2 Å². The molecule has 3 rings (SSSR count). The van der Waals surface area contributed by atoms with Gasteiger partial charge in [0.15, 0.2) is 0 Å². The molecule has 0 heterocycles. The Morgan fingerprint density at radius 2 is 1.68 bits per heavy atom. The van der Waals surface area contributed by atoms with Gasteiger partial charge in [-0.3, -0.25) is 13.9 Å². The van der Waals surface area contributed by atoms with Gasteiger partial charge in [-0.25, -0.2) is 8.42 Å². The molecule has 9 heteroatoms. The Bertz CT molecular complexity index is 1070. The van der Waals surface area contributed by atoms with Crippen LogP contribution in [-0.2, 0) is 26.2 Å². The fourth-order valence-corrected chi connectivity index (χ4v) is 4.96. The first-order valence-electron chi connectivity index (χ1n) is 11.4. The zero-order chi connectivity index (χ0) is 24.7. The van der Waals surface area contributed by atoms with Crippen LogP contribution in [-0.4, -0.2) is 57.1 Å². The summed E-state index contributed by atoms with van der Waals surface area (Å²) in [6.07, 6.45) is 5.08. The Labute approximate surface area is 201 Å². The molecule has 1 N–H and O–H groups in total. The average molecular weight is 488 g/mol. The number of benzene rings is 2. The topological polar surface area (TPSA) is 96.0 Å². The zero-order valence-corrected chi connectivity index (χ0v) is 20.8. The minimum Gasteiger partial charge on any atom is -0.497 e. The zero-order valence-electron chi connectivity index (χ0n) is 19.9. The predicted molar refractivity (Wildman–Crippen MR) is 132 cm³/mol. The van der Waals surface area contributed by atoms with Crippen molar-refractivity contribution in [2.75, 3.05) is 24.2 Å². The van der Waals surface area contributed by atoms with Crippen LogP contribution in [0.25, 0.3) is 0 Å². The van der Waals surface area contributed by atoms with Crippen molar-refractivity contribution in [3.05, 3.63) is 60.2 Å². The number of hydrogen-bond acceptors (Lipinski definition) is 5. The molecule has 0 radical (unpaired) electrons. The number of anilines is 1. The summed E-state index contributed by atoms with van der Waals surface area (Å²) in [6.45, 7) is 1.44. The SMILES string of the molecule is COc1ccc(CN(C(=O)CN(c2ccccc2)S(C)(=O)=O)C(C)C(=O)NC2CCCC2)cc1. The molecular weight excluding hydrogens is 454 g/mol. The molecule has 2 amide bonds. The Morgan fingerprint density at radius 1 is 1.06 bits per heavy atom. The van der Waals surface area contributed by atoms with E-state index < -0.39 is 28.5 Å². The van der Waals surface area contributed by atoms with Crippen molar-refractivity contribution in [2.45, 2.75) is 51.2 Å². The van der Waals surface area contributed by atoms with E-state index in [1.165, 1.54) is 4.90 Å². The molecule has 1 fully saturated rings. The van der Waals surface area contributed by atoms with Gasteiger partial charge in [0.2, 0.25) is 21.8 Å². The maximum Gasteiger partial charge on any atom is 0.244 e. The number of para-hydroxylation sites is 1. The highest BCUT2D eigenvalue weighted by Crippen LogP contribution is 2.21. The van der Waals surface area contributed by atoms with E-state index in [2.05, 4.69) is 5.32 Å². The van der Waals surface area contributed by atoms with Crippen molar-refractivity contribution in [3.8, 4) is 5.75 Å². The van der Waals surface area contributed by atoms with Gasteiger partial charge in [0, 0.05) is 12.6 Å². The molecule has 1 atom stereocenters. The average Bonchev–Trinajstić information content (AvgIpc) is 3.33. The normalized spacial score (nSPS) is 14.9. The second kappa shape index (κ2) is 11.4. The molecule has 0 aromatic heterocycles. The van der Waals surface area contributed by atoms with E-state index in [0.717, 1.165) is 41.8 Å². The number of amides is 2. The molecule has 0 aliphatic heterocycles. The van der Waals surface area contributed by atoms with E-state index in [4.69, 9.17) is 4.74 Å². The lowest BCUT2D eigenvalue weighted by Gasteiger charge is -2.32. The number of rotatable bonds is 10. The van der Waals surface area contributed by atoms with Gasteiger partial charge in [0.05, 0.1) is 19.1 Å². The van der Waals surface area contributed by atoms with Crippen LogP contribution in [0.4, 0.5) is 5.69 Å². The van der Waals surface area contributed by atoms with E-state index in [1.807, 2.05) is 12.1 Å². The van der Waals surface area contributed by atoms with Gasteiger partial charge in [0.1, 0.15) is 18.3 Å². The van der Waals surface area contributed by atoms with Crippen LogP contribution < -0.4 is 14.4 Å². The molecular formula is C25H33N3O5S. The minimum absolute atomic E-state index is 0.115. The lowest BCUT2D eigenvalue weighted by Crippen LogP contribution is -2.52. The maximum atomic E-state index is 13.5. The molecule has 1 aliphatic rings. The molecule has 0 spiro atoms. The summed E-state index contributed by atoms with van der Waals surface area (Å²) in [7, 11) is -2.15. The van der Waals surface area contributed by atoms with Crippen LogP contribution in [0, 0.1) is 0 Å². The molecule has 1 saturated carbocycles. The maximum absolute atomic E-state index is 13.5. The standard InChI is InChI=1S/C25H33N3O5S/c1-19(25(30)26-21-9-7-8-10-21)27(17-20-13-15-23(33-2)16-14-20)24(29)18-28(34(3,31)32)22-11-5-4-6-12-22/h4-6,11-16,19,21H,7-10,17-18H2,1-3H3,(H,26,30). The molecule has 184 valence electrons.